The Kier molecular flexibility index (Phi) is 3.19. The van der Waals surface area contributed by atoms with Crippen molar-refractivity contribution in [2.24, 2.45) is 0 Å². The van der Waals surface area contributed by atoms with Gasteiger partial charge in [0.05, 0.1) is 16.6 Å². The molecule has 0 saturated heterocycles. The largest absolute Gasteiger partial charge is 0.285 e. The Balaban J connectivity index is 2.65. The van der Waals surface area contributed by atoms with Crippen LogP contribution in [-0.2, 0) is 0 Å². The van der Waals surface area contributed by atoms with E-state index in [1.807, 2.05) is 24.3 Å². The van der Waals surface area contributed by atoms with E-state index in [9.17, 15) is 10.1 Å². The molecule has 4 heteroatoms. The average molecular weight is 324 g/mol. The van der Waals surface area contributed by atoms with Gasteiger partial charge in [0, 0.05) is 9.13 Å². The third kappa shape index (κ3) is 2.06. The molecule has 16 heavy (non-hydrogen) atoms. The van der Waals surface area contributed by atoms with Crippen LogP contribution in [0.15, 0.2) is 42.5 Å². The lowest BCUT2D eigenvalue weighted by Gasteiger charge is -2.04. The maximum Gasteiger partial charge on any atom is 0.285 e. The summed E-state index contributed by atoms with van der Waals surface area (Å²) in [7, 11) is 0. The molecule has 0 fully saturated rings. The van der Waals surface area contributed by atoms with Gasteiger partial charge in [-0.1, -0.05) is 24.3 Å². The highest BCUT2D eigenvalue weighted by atomic mass is 127. The Morgan fingerprint density at radius 1 is 1.12 bits per heavy atom. The summed E-state index contributed by atoms with van der Waals surface area (Å²) in [6.45, 7) is 0. The first-order valence-electron chi connectivity index (χ1n) is 4.60. The fourth-order valence-corrected chi connectivity index (χ4v) is 2.15. The first kappa shape index (κ1) is 11.1. The van der Waals surface area contributed by atoms with Crippen molar-refractivity contribution < 1.29 is 4.92 Å². The van der Waals surface area contributed by atoms with E-state index in [4.69, 9.17) is 0 Å². The Labute approximate surface area is 106 Å². The fraction of sp³-hybridized carbons (Fsp3) is 0. The highest BCUT2D eigenvalue weighted by Crippen LogP contribution is 2.31. The zero-order valence-corrected chi connectivity index (χ0v) is 10.3. The lowest BCUT2D eigenvalue weighted by atomic mass is 10.0. The van der Waals surface area contributed by atoms with E-state index in [1.165, 1.54) is 0 Å². The third-order valence-corrected chi connectivity index (χ3v) is 3.12. The summed E-state index contributed by atoms with van der Waals surface area (Å²) in [5, 5.41) is 10.9. The zero-order chi connectivity index (χ0) is 11.5. The van der Waals surface area contributed by atoms with Crippen molar-refractivity contribution in [2.45, 2.75) is 0 Å². The number of benzene rings is 2. The molecule has 0 spiro atoms. The number of hydrogen-bond donors (Lipinski definition) is 0. The van der Waals surface area contributed by atoms with E-state index in [0.29, 0.717) is 5.56 Å². The van der Waals surface area contributed by atoms with Gasteiger partial charge in [-0.05, 0) is 40.8 Å². The van der Waals surface area contributed by atoms with E-state index < -0.39 is 4.92 Å². The molecule has 79 valence electrons. The van der Waals surface area contributed by atoms with Gasteiger partial charge >= 0.3 is 0 Å². The number of rotatable bonds is 2. The van der Waals surface area contributed by atoms with Gasteiger partial charge in [0.1, 0.15) is 0 Å². The molecule has 2 aromatic carbocycles. The Morgan fingerprint density at radius 2 is 1.81 bits per heavy atom. The van der Waals surface area contributed by atoms with Crippen molar-refractivity contribution in [3.05, 3.63) is 62.2 Å². The van der Waals surface area contributed by atoms with Crippen LogP contribution in [0.25, 0.3) is 11.1 Å². The summed E-state index contributed by atoms with van der Waals surface area (Å²) >= 11 is 2.17. The van der Waals surface area contributed by atoms with E-state index in [1.54, 1.807) is 18.2 Å². The van der Waals surface area contributed by atoms with Gasteiger partial charge < -0.3 is 0 Å². The first-order valence-corrected chi connectivity index (χ1v) is 5.68. The van der Waals surface area contributed by atoms with Gasteiger partial charge in [0.15, 0.2) is 0 Å². The van der Waals surface area contributed by atoms with Crippen LogP contribution in [0.2, 0.25) is 0 Å². The minimum atomic E-state index is -0.404. The topological polar surface area (TPSA) is 43.1 Å². The lowest BCUT2D eigenvalue weighted by Crippen LogP contribution is -1.92. The van der Waals surface area contributed by atoms with E-state index in [2.05, 4.69) is 28.7 Å². The van der Waals surface area contributed by atoms with Gasteiger partial charge in [-0.2, -0.15) is 0 Å². The predicted octanol–water partition coefficient (Wildman–Crippen LogP) is 3.67. The normalized spacial score (nSPS) is 10.1. The molecule has 0 saturated carbocycles. The average Bonchev–Trinajstić information content (AvgIpc) is 2.29. The number of nitrogens with zero attached hydrogens (tertiary/aromatic N) is 1. The van der Waals surface area contributed by atoms with Crippen molar-refractivity contribution in [2.75, 3.05) is 0 Å². The molecule has 3 nitrogen and oxygen atoms in total. The standard InChI is InChI=1S/C12H7INO2/c13-11-7-3-1-5-9(11)10-6-2-4-8-12(10)14(15)16/h1-7H. The summed E-state index contributed by atoms with van der Waals surface area (Å²) < 4.78 is 0.989. The highest BCUT2D eigenvalue weighted by Gasteiger charge is 2.15. The van der Waals surface area contributed by atoms with Gasteiger partial charge in [0.2, 0.25) is 0 Å². The minimum absolute atomic E-state index is 0.0200. The molecule has 0 aromatic heterocycles. The van der Waals surface area contributed by atoms with E-state index >= 15 is 0 Å². The SMILES string of the molecule is O=[N+]([O-])c1[c]cccc1-c1ccccc1I. The molecule has 0 N–H and O–H groups in total. The van der Waals surface area contributed by atoms with Gasteiger partial charge in [-0.25, -0.2) is 0 Å². The lowest BCUT2D eigenvalue weighted by molar-refractivity contribution is -0.384. The fourth-order valence-electron chi connectivity index (χ4n) is 1.48. The second kappa shape index (κ2) is 4.61. The van der Waals surface area contributed by atoms with Crippen molar-refractivity contribution in [1.82, 2.24) is 0 Å². The Morgan fingerprint density at radius 3 is 2.50 bits per heavy atom. The van der Waals surface area contributed by atoms with Crippen LogP contribution >= 0.6 is 22.6 Å². The summed E-state index contributed by atoms with van der Waals surface area (Å²) in [4.78, 5) is 10.5. The number of halogens is 1. The first-order chi connectivity index (χ1) is 7.70. The summed E-state index contributed by atoms with van der Waals surface area (Å²) in [6, 6.07) is 15.3. The van der Waals surface area contributed by atoms with Crippen molar-refractivity contribution in [3.8, 4) is 11.1 Å². The van der Waals surface area contributed by atoms with Crippen LogP contribution in [0.3, 0.4) is 0 Å². The number of nitro benzene ring substituents is 1. The molecular weight excluding hydrogens is 317 g/mol. The quantitative estimate of drug-likeness (QED) is 0.481. The number of hydrogen-bond acceptors (Lipinski definition) is 2. The van der Waals surface area contributed by atoms with Crippen LogP contribution in [0.5, 0.6) is 0 Å². The molecule has 0 atom stereocenters. The molecule has 0 amide bonds. The second-order valence-electron chi connectivity index (χ2n) is 3.17. The molecule has 0 heterocycles. The summed E-state index contributed by atoms with van der Waals surface area (Å²) in [5.41, 5.74) is 1.50. The highest BCUT2D eigenvalue weighted by molar-refractivity contribution is 14.1. The van der Waals surface area contributed by atoms with Crippen molar-refractivity contribution in [3.63, 3.8) is 0 Å². The Bertz CT molecular complexity index is 540. The summed E-state index contributed by atoms with van der Waals surface area (Å²) in [6.07, 6.45) is 0. The molecule has 0 unspecified atom stereocenters. The van der Waals surface area contributed by atoms with Crippen molar-refractivity contribution in [1.29, 1.82) is 0 Å². The van der Waals surface area contributed by atoms with Crippen LogP contribution in [0.4, 0.5) is 5.69 Å². The molecule has 2 aromatic rings. The monoisotopic (exact) mass is 324 g/mol. The molecule has 2 rings (SSSR count). The molecular formula is C12H7INO2. The van der Waals surface area contributed by atoms with Crippen LogP contribution < -0.4 is 0 Å². The molecule has 0 bridgehead atoms. The van der Waals surface area contributed by atoms with Gasteiger partial charge in [-0.3, -0.25) is 10.1 Å². The van der Waals surface area contributed by atoms with E-state index in [0.717, 1.165) is 9.13 Å². The van der Waals surface area contributed by atoms with Gasteiger partial charge in [0.25, 0.3) is 5.69 Å². The van der Waals surface area contributed by atoms with Crippen LogP contribution in [0, 0.1) is 19.8 Å². The molecule has 0 aliphatic carbocycles. The molecule has 0 aliphatic heterocycles. The van der Waals surface area contributed by atoms with Crippen LogP contribution in [0.1, 0.15) is 0 Å². The number of nitro groups is 1. The third-order valence-electron chi connectivity index (χ3n) is 2.18. The molecule has 1 radical (unpaired) electrons. The zero-order valence-electron chi connectivity index (χ0n) is 8.18. The van der Waals surface area contributed by atoms with Crippen molar-refractivity contribution >= 4 is 28.3 Å². The smallest absolute Gasteiger partial charge is 0.258 e. The molecule has 0 aliphatic rings. The minimum Gasteiger partial charge on any atom is -0.258 e. The number of para-hydroxylation sites is 1. The van der Waals surface area contributed by atoms with E-state index in [-0.39, 0.29) is 5.69 Å². The second-order valence-corrected chi connectivity index (χ2v) is 4.33. The summed E-state index contributed by atoms with van der Waals surface area (Å²) in [5.74, 6) is 0. The van der Waals surface area contributed by atoms with Crippen LogP contribution in [-0.4, -0.2) is 4.92 Å². The maximum atomic E-state index is 10.9. The van der Waals surface area contributed by atoms with Gasteiger partial charge in [-0.15, -0.1) is 0 Å². The Hall–Kier alpha value is -1.43. The maximum absolute atomic E-state index is 10.9. The predicted molar refractivity (Wildman–Crippen MR) is 70.1 cm³/mol.